The van der Waals surface area contributed by atoms with Gasteiger partial charge in [-0.05, 0) is 25.0 Å². The zero-order chi connectivity index (χ0) is 23.9. The average molecular weight is 496 g/mol. The van der Waals surface area contributed by atoms with E-state index in [1.807, 2.05) is 0 Å². The van der Waals surface area contributed by atoms with Crippen LogP contribution in [0.25, 0.3) is 28.1 Å². The minimum absolute atomic E-state index is 0.156. The Morgan fingerprint density at radius 1 is 1.17 bits per heavy atom. The highest BCUT2D eigenvalue weighted by atomic mass is 35.5. The third-order valence-corrected chi connectivity index (χ3v) is 6.88. The molecule has 4 aromatic rings. The summed E-state index contributed by atoms with van der Waals surface area (Å²) in [6, 6.07) is 5.61. The predicted molar refractivity (Wildman–Crippen MR) is 125 cm³/mol. The molecule has 1 aromatic carbocycles. The van der Waals surface area contributed by atoms with Crippen LogP contribution in [0, 0.1) is 11.3 Å². The van der Waals surface area contributed by atoms with E-state index in [2.05, 4.69) is 26.1 Å². The average Bonchev–Trinajstić information content (AvgIpc) is 3.65. The van der Waals surface area contributed by atoms with Crippen molar-refractivity contribution in [1.29, 1.82) is 5.26 Å². The van der Waals surface area contributed by atoms with E-state index in [4.69, 9.17) is 25.6 Å². The van der Waals surface area contributed by atoms with E-state index in [9.17, 15) is 10.1 Å². The molecule has 2 saturated heterocycles. The van der Waals surface area contributed by atoms with Crippen LogP contribution in [-0.4, -0.2) is 68.4 Å². The molecule has 6 rings (SSSR count). The fraction of sp³-hybridized carbons (Fsp3) is 0.435. The van der Waals surface area contributed by atoms with Crippen molar-refractivity contribution < 1.29 is 14.0 Å². The number of benzene rings is 1. The Labute approximate surface area is 204 Å². The van der Waals surface area contributed by atoms with Gasteiger partial charge in [0.15, 0.2) is 5.69 Å². The monoisotopic (exact) mass is 495 g/mol. The number of aromatic nitrogens is 5. The maximum Gasteiger partial charge on any atom is 0.279 e. The molecular weight excluding hydrogens is 474 g/mol. The molecule has 5 heterocycles. The summed E-state index contributed by atoms with van der Waals surface area (Å²) in [5.41, 5.74) is 1.64. The minimum atomic E-state index is -0.311. The summed E-state index contributed by atoms with van der Waals surface area (Å²) in [4.78, 5) is 25.1. The van der Waals surface area contributed by atoms with Crippen molar-refractivity contribution in [3.05, 3.63) is 45.2 Å². The normalized spacial score (nSPS) is 19.0. The van der Waals surface area contributed by atoms with Gasteiger partial charge >= 0.3 is 0 Å². The Balaban J connectivity index is 1.52. The zero-order valence-electron chi connectivity index (χ0n) is 18.8. The molecule has 0 saturated carbocycles. The lowest BCUT2D eigenvalue weighted by Crippen LogP contribution is -2.39. The van der Waals surface area contributed by atoms with Crippen molar-refractivity contribution in [1.82, 2.24) is 29.0 Å². The molecule has 2 aliphatic heterocycles. The molecule has 12 heteroatoms. The first kappa shape index (κ1) is 22.2. The molecule has 35 heavy (non-hydrogen) atoms. The lowest BCUT2D eigenvalue weighted by molar-refractivity contribution is 0.0364. The maximum atomic E-state index is 13.9. The molecule has 0 amide bonds. The fourth-order valence-corrected chi connectivity index (χ4v) is 4.97. The predicted octanol–water partition coefficient (Wildman–Crippen LogP) is 2.41. The second-order valence-corrected chi connectivity index (χ2v) is 8.99. The third-order valence-electron chi connectivity index (χ3n) is 6.57. The SMILES string of the molecule is N#Cc1c(Cl)ccc2c1n(CCN1CCOCC1)c(=O)c1c(-c3nc(C4CCCO4)no3)ncn12. The Bertz CT molecular complexity index is 1510. The summed E-state index contributed by atoms with van der Waals surface area (Å²) >= 11 is 6.36. The Kier molecular flexibility index (Phi) is 5.74. The first-order valence-electron chi connectivity index (χ1n) is 11.5. The summed E-state index contributed by atoms with van der Waals surface area (Å²) in [6.45, 7) is 4.53. The molecule has 1 atom stereocenters. The van der Waals surface area contributed by atoms with Gasteiger partial charge in [-0.2, -0.15) is 10.2 Å². The van der Waals surface area contributed by atoms with Crippen LogP contribution in [0.15, 0.2) is 27.8 Å². The van der Waals surface area contributed by atoms with Gasteiger partial charge in [-0.15, -0.1) is 0 Å². The van der Waals surface area contributed by atoms with Crippen LogP contribution in [0.4, 0.5) is 0 Å². The summed E-state index contributed by atoms with van der Waals surface area (Å²) < 4.78 is 19.8. The molecule has 0 bridgehead atoms. The molecule has 1 unspecified atom stereocenters. The summed E-state index contributed by atoms with van der Waals surface area (Å²) in [5.74, 6) is 0.606. The number of halogens is 1. The van der Waals surface area contributed by atoms with Gasteiger partial charge in [0.25, 0.3) is 11.4 Å². The smallest absolute Gasteiger partial charge is 0.279 e. The maximum absolute atomic E-state index is 13.9. The molecular formula is C23H22ClN7O4. The molecule has 0 radical (unpaired) electrons. The van der Waals surface area contributed by atoms with Gasteiger partial charge in [0, 0.05) is 32.8 Å². The van der Waals surface area contributed by atoms with E-state index in [1.165, 1.54) is 6.33 Å². The van der Waals surface area contributed by atoms with Crippen LogP contribution < -0.4 is 5.56 Å². The van der Waals surface area contributed by atoms with Gasteiger partial charge < -0.3 is 18.6 Å². The third kappa shape index (κ3) is 3.79. The zero-order valence-corrected chi connectivity index (χ0v) is 19.6. The van der Waals surface area contributed by atoms with Crippen molar-refractivity contribution in [2.24, 2.45) is 0 Å². The second kappa shape index (κ2) is 9.05. The molecule has 2 aliphatic rings. The standard InChI is InChI=1S/C23H22ClN7O4/c24-15-3-4-16-19(14(15)12-25)30(6-5-29-7-10-33-11-8-29)23(32)20-18(26-13-31(16)20)22-27-21(28-35-22)17-2-1-9-34-17/h3-4,13,17H,1-2,5-11H2. The molecule has 3 aromatic heterocycles. The largest absolute Gasteiger partial charge is 0.379 e. The van der Waals surface area contributed by atoms with Gasteiger partial charge in [-0.25, -0.2) is 4.98 Å². The van der Waals surface area contributed by atoms with Crippen molar-refractivity contribution in [3.8, 4) is 17.7 Å². The molecule has 0 spiro atoms. The first-order chi connectivity index (χ1) is 17.2. The topological polar surface area (TPSA) is 124 Å². The molecule has 0 N–H and O–H groups in total. The summed E-state index contributed by atoms with van der Waals surface area (Å²) in [7, 11) is 0. The highest BCUT2D eigenvalue weighted by Gasteiger charge is 2.27. The van der Waals surface area contributed by atoms with Crippen LogP contribution >= 0.6 is 11.6 Å². The van der Waals surface area contributed by atoms with Crippen molar-refractivity contribution in [3.63, 3.8) is 0 Å². The Morgan fingerprint density at radius 3 is 2.80 bits per heavy atom. The van der Waals surface area contributed by atoms with Crippen LogP contribution in [0.1, 0.15) is 30.3 Å². The number of nitrogens with zero attached hydrogens (tertiary/aromatic N) is 7. The number of rotatable bonds is 5. The quantitative estimate of drug-likeness (QED) is 0.410. The highest BCUT2D eigenvalue weighted by Crippen LogP contribution is 2.31. The van der Waals surface area contributed by atoms with Gasteiger partial charge in [0.2, 0.25) is 5.82 Å². The number of hydrogen-bond donors (Lipinski definition) is 0. The van der Waals surface area contributed by atoms with Crippen LogP contribution in [0.2, 0.25) is 5.02 Å². The van der Waals surface area contributed by atoms with E-state index in [0.29, 0.717) is 61.0 Å². The van der Waals surface area contributed by atoms with Crippen molar-refractivity contribution in [2.45, 2.75) is 25.5 Å². The number of hydrogen-bond acceptors (Lipinski definition) is 9. The van der Waals surface area contributed by atoms with Crippen LogP contribution in [0.5, 0.6) is 0 Å². The van der Waals surface area contributed by atoms with Gasteiger partial charge in [-0.1, -0.05) is 16.8 Å². The van der Waals surface area contributed by atoms with Crippen LogP contribution in [0.3, 0.4) is 0 Å². The van der Waals surface area contributed by atoms with E-state index < -0.39 is 0 Å². The second-order valence-electron chi connectivity index (χ2n) is 8.58. The van der Waals surface area contributed by atoms with Gasteiger partial charge in [0.05, 0.1) is 34.8 Å². The highest BCUT2D eigenvalue weighted by molar-refractivity contribution is 6.32. The lowest BCUT2D eigenvalue weighted by atomic mass is 10.1. The lowest BCUT2D eigenvalue weighted by Gasteiger charge is -2.27. The molecule has 0 aliphatic carbocycles. The molecule has 2 fully saturated rings. The Hall–Kier alpha value is -3.30. The van der Waals surface area contributed by atoms with E-state index in [1.54, 1.807) is 21.1 Å². The van der Waals surface area contributed by atoms with Crippen molar-refractivity contribution >= 4 is 28.2 Å². The van der Waals surface area contributed by atoms with Crippen molar-refractivity contribution in [2.75, 3.05) is 39.5 Å². The Morgan fingerprint density at radius 2 is 2.03 bits per heavy atom. The molecule has 11 nitrogen and oxygen atoms in total. The number of morpholine rings is 1. The number of nitriles is 1. The number of fused-ring (bicyclic) bond motifs is 3. The minimum Gasteiger partial charge on any atom is -0.379 e. The first-order valence-corrected chi connectivity index (χ1v) is 11.9. The molecule has 180 valence electrons. The fourth-order valence-electron chi connectivity index (χ4n) is 4.77. The number of ether oxygens (including phenoxy) is 2. The van der Waals surface area contributed by atoms with E-state index >= 15 is 0 Å². The summed E-state index contributed by atoms with van der Waals surface area (Å²) in [6.07, 6.45) is 3.07. The number of imidazole rings is 1. The van der Waals surface area contributed by atoms with Crippen LogP contribution in [-0.2, 0) is 16.0 Å². The van der Waals surface area contributed by atoms with Gasteiger partial charge in [0.1, 0.15) is 24.0 Å². The summed E-state index contributed by atoms with van der Waals surface area (Å²) in [5, 5.41) is 14.2. The van der Waals surface area contributed by atoms with Gasteiger partial charge in [-0.3, -0.25) is 14.1 Å². The van der Waals surface area contributed by atoms with E-state index in [0.717, 1.165) is 25.9 Å². The van der Waals surface area contributed by atoms with E-state index in [-0.39, 0.29) is 28.1 Å².